The average molecular weight is 362 g/mol. The Balaban J connectivity index is 1.79. The van der Waals surface area contributed by atoms with Crippen LogP contribution in [-0.4, -0.2) is 35.4 Å². The minimum absolute atomic E-state index is 0.290. The number of hydrogen-bond donors (Lipinski definition) is 0. The van der Waals surface area contributed by atoms with Crippen LogP contribution in [0.4, 0.5) is 0 Å². The Hall–Kier alpha value is -3.21. The van der Waals surface area contributed by atoms with Gasteiger partial charge in [-0.2, -0.15) is 0 Å². The van der Waals surface area contributed by atoms with Gasteiger partial charge >= 0.3 is 0 Å². The van der Waals surface area contributed by atoms with Crippen LogP contribution < -0.4 is 4.74 Å². The quantitative estimate of drug-likeness (QED) is 0.780. The fourth-order valence-electron chi connectivity index (χ4n) is 3.07. The van der Waals surface area contributed by atoms with Crippen LogP contribution in [0.3, 0.4) is 0 Å². The molecule has 5 nitrogen and oxygen atoms in total. The molecule has 2 aromatic rings. The number of rotatable bonds is 4. The topological polar surface area (TPSA) is 59.5 Å². The van der Waals surface area contributed by atoms with Gasteiger partial charge in [0, 0.05) is 36.2 Å². The number of carbonyl (C=O) groups excluding carboxylic acids is 2. The van der Waals surface area contributed by atoms with E-state index in [2.05, 4.69) is 4.98 Å². The largest absolute Gasteiger partial charge is 0.496 e. The van der Waals surface area contributed by atoms with Gasteiger partial charge in [-0.25, -0.2) is 0 Å². The lowest BCUT2D eigenvalue weighted by molar-refractivity contribution is -0.138. The second kappa shape index (κ2) is 7.99. The first-order chi connectivity index (χ1) is 13.0. The highest BCUT2D eigenvalue weighted by atomic mass is 16.5. The molecule has 0 atom stereocenters. The molecule has 1 aromatic carbocycles. The highest BCUT2D eigenvalue weighted by Crippen LogP contribution is 2.25. The molecule has 0 spiro atoms. The smallest absolute Gasteiger partial charge is 0.261 e. The fourth-order valence-corrected chi connectivity index (χ4v) is 3.07. The van der Waals surface area contributed by atoms with Gasteiger partial charge in [-0.15, -0.1) is 0 Å². The molecule has 0 unspecified atom stereocenters. The summed E-state index contributed by atoms with van der Waals surface area (Å²) >= 11 is 0. The van der Waals surface area contributed by atoms with Crippen molar-refractivity contribution in [2.45, 2.75) is 20.3 Å². The maximum atomic E-state index is 12.7. The van der Waals surface area contributed by atoms with Crippen LogP contribution in [0.5, 0.6) is 5.75 Å². The Labute approximate surface area is 159 Å². The molecule has 1 aromatic heterocycles. The van der Waals surface area contributed by atoms with Crippen LogP contribution >= 0.6 is 0 Å². The lowest BCUT2D eigenvalue weighted by atomic mass is 10.0. The first-order valence-electron chi connectivity index (χ1n) is 8.81. The number of benzene rings is 1. The molecule has 0 N–H and O–H groups in total. The van der Waals surface area contributed by atoms with Crippen molar-refractivity contribution < 1.29 is 14.3 Å². The second-order valence-electron chi connectivity index (χ2n) is 6.44. The Kier molecular flexibility index (Phi) is 5.50. The van der Waals surface area contributed by atoms with Crippen molar-refractivity contribution in [1.29, 1.82) is 0 Å². The van der Waals surface area contributed by atoms with Crippen molar-refractivity contribution in [3.05, 3.63) is 71.1 Å². The zero-order valence-corrected chi connectivity index (χ0v) is 15.7. The molecule has 3 rings (SSSR count). The number of pyridine rings is 1. The van der Waals surface area contributed by atoms with Crippen molar-refractivity contribution in [3.8, 4) is 5.75 Å². The molecule has 0 saturated carbocycles. The first kappa shape index (κ1) is 18.6. The van der Waals surface area contributed by atoms with Gasteiger partial charge in [-0.3, -0.25) is 19.5 Å². The number of ether oxygens (including phenoxy) is 1. The Morgan fingerprint density at radius 2 is 2.11 bits per heavy atom. The molecule has 2 heterocycles. The fraction of sp³-hybridized carbons (Fsp3) is 0.227. The highest BCUT2D eigenvalue weighted by Gasteiger charge is 2.26. The maximum absolute atomic E-state index is 12.7. The summed E-state index contributed by atoms with van der Waals surface area (Å²) < 4.78 is 5.37. The predicted octanol–water partition coefficient (Wildman–Crippen LogP) is 3.56. The number of hydrogen-bond acceptors (Lipinski definition) is 4. The SMILES string of the molecule is COc1cc(/C=C/C(=O)N2CCC=C(c3cccnc3)C2=O)cc(C)c1C. The van der Waals surface area contributed by atoms with E-state index in [0.29, 0.717) is 18.5 Å². The molecule has 0 fully saturated rings. The molecule has 0 aliphatic carbocycles. The lowest BCUT2D eigenvalue weighted by Gasteiger charge is -2.24. The zero-order valence-electron chi connectivity index (χ0n) is 15.7. The van der Waals surface area contributed by atoms with Gasteiger partial charge in [0.2, 0.25) is 0 Å². The molecular weight excluding hydrogens is 340 g/mol. The normalized spacial score (nSPS) is 14.4. The standard InChI is InChI=1S/C22H22N2O3/c1-15-12-17(13-20(27-3)16(15)2)8-9-21(25)24-11-5-7-19(22(24)26)18-6-4-10-23-14-18/h4,6-10,12-14H,5,11H2,1-3H3/b9-8+. The van der Waals surface area contributed by atoms with Crippen LogP contribution in [0, 0.1) is 13.8 Å². The molecule has 1 aliphatic rings. The number of aryl methyl sites for hydroxylation is 1. The number of amides is 2. The number of imide groups is 1. The van der Waals surface area contributed by atoms with Crippen LogP contribution in [0.1, 0.15) is 28.7 Å². The molecule has 0 bridgehead atoms. The van der Waals surface area contributed by atoms with E-state index in [1.54, 1.807) is 31.6 Å². The summed E-state index contributed by atoms with van der Waals surface area (Å²) in [5.41, 5.74) is 4.25. The Morgan fingerprint density at radius 3 is 2.81 bits per heavy atom. The van der Waals surface area contributed by atoms with Crippen molar-refractivity contribution in [2.75, 3.05) is 13.7 Å². The monoisotopic (exact) mass is 362 g/mol. The van der Waals surface area contributed by atoms with Crippen molar-refractivity contribution in [3.63, 3.8) is 0 Å². The van der Waals surface area contributed by atoms with E-state index in [0.717, 1.165) is 28.0 Å². The second-order valence-corrected chi connectivity index (χ2v) is 6.44. The summed E-state index contributed by atoms with van der Waals surface area (Å²) in [4.78, 5) is 30.7. The Morgan fingerprint density at radius 1 is 1.30 bits per heavy atom. The summed E-state index contributed by atoms with van der Waals surface area (Å²) in [7, 11) is 1.62. The van der Waals surface area contributed by atoms with E-state index in [9.17, 15) is 9.59 Å². The van der Waals surface area contributed by atoms with Crippen LogP contribution in [0.2, 0.25) is 0 Å². The highest BCUT2D eigenvalue weighted by molar-refractivity contribution is 6.25. The minimum atomic E-state index is -0.327. The van der Waals surface area contributed by atoms with E-state index in [-0.39, 0.29) is 11.8 Å². The first-order valence-corrected chi connectivity index (χ1v) is 8.81. The minimum Gasteiger partial charge on any atom is -0.496 e. The molecule has 138 valence electrons. The summed E-state index contributed by atoms with van der Waals surface area (Å²) in [6.45, 7) is 4.36. The number of aromatic nitrogens is 1. The van der Waals surface area contributed by atoms with Gasteiger partial charge in [-0.05, 0) is 55.2 Å². The third kappa shape index (κ3) is 3.97. The van der Waals surface area contributed by atoms with Crippen LogP contribution in [0.25, 0.3) is 11.6 Å². The number of methoxy groups -OCH3 is 1. The zero-order chi connectivity index (χ0) is 19.4. The van der Waals surface area contributed by atoms with Crippen molar-refractivity contribution in [1.82, 2.24) is 9.88 Å². The van der Waals surface area contributed by atoms with Gasteiger partial charge in [-0.1, -0.05) is 18.2 Å². The molecule has 2 amide bonds. The summed E-state index contributed by atoms with van der Waals surface area (Å²) in [6.07, 6.45) is 8.93. The predicted molar refractivity (Wildman–Crippen MR) is 105 cm³/mol. The third-order valence-corrected chi connectivity index (χ3v) is 4.70. The van der Waals surface area contributed by atoms with Gasteiger partial charge in [0.05, 0.1) is 7.11 Å². The molecule has 0 saturated heterocycles. The number of carbonyl (C=O) groups is 2. The van der Waals surface area contributed by atoms with E-state index in [1.807, 2.05) is 38.1 Å². The van der Waals surface area contributed by atoms with Gasteiger partial charge < -0.3 is 4.74 Å². The van der Waals surface area contributed by atoms with E-state index >= 15 is 0 Å². The van der Waals surface area contributed by atoms with Gasteiger partial charge in [0.1, 0.15) is 5.75 Å². The van der Waals surface area contributed by atoms with E-state index < -0.39 is 0 Å². The summed E-state index contributed by atoms with van der Waals surface area (Å²) in [5, 5.41) is 0. The summed E-state index contributed by atoms with van der Waals surface area (Å²) in [5.74, 6) is 0.159. The summed E-state index contributed by atoms with van der Waals surface area (Å²) in [6, 6.07) is 7.46. The number of nitrogens with zero attached hydrogens (tertiary/aromatic N) is 2. The molecule has 0 radical (unpaired) electrons. The average Bonchev–Trinajstić information content (AvgIpc) is 2.69. The van der Waals surface area contributed by atoms with Crippen LogP contribution in [0.15, 0.2) is 48.8 Å². The van der Waals surface area contributed by atoms with Gasteiger partial charge in [0.25, 0.3) is 11.8 Å². The molecular formula is C22H22N2O3. The van der Waals surface area contributed by atoms with Crippen molar-refractivity contribution >= 4 is 23.5 Å². The Bertz CT molecular complexity index is 930. The van der Waals surface area contributed by atoms with Crippen molar-refractivity contribution in [2.24, 2.45) is 0 Å². The lowest BCUT2D eigenvalue weighted by Crippen LogP contribution is -2.39. The molecule has 1 aliphatic heterocycles. The van der Waals surface area contributed by atoms with Gasteiger partial charge in [0.15, 0.2) is 0 Å². The third-order valence-electron chi connectivity index (χ3n) is 4.70. The molecule has 5 heteroatoms. The van der Waals surface area contributed by atoms with Crippen LogP contribution in [-0.2, 0) is 9.59 Å². The van der Waals surface area contributed by atoms with E-state index in [4.69, 9.17) is 4.74 Å². The molecule has 27 heavy (non-hydrogen) atoms. The van der Waals surface area contributed by atoms with E-state index in [1.165, 1.54) is 11.0 Å². The maximum Gasteiger partial charge on any atom is 0.261 e.